The van der Waals surface area contributed by atoms with Crippen LogP contribution in [-0.4, -0.2) is 9.78 Å². The zero-order valence-electron chi connectivity index (χ0n) is 6.99. The molecule has 0 fully saturated rings. The number of hydrogen-bond acceptors (Lipinski definition) is 3. The molecule has 2 N–H and O–H groups in total. The summed E-state index contributed by atoms with van der Waals surface area (Å²) in [7, 11) is 1.89. The summed E-state index contributed by atoms with van der Waals surface area (Å²) >= 11 is 5.06. The fraction of sp³-hybridized carbons (Fsp3) is 0.125. The van der Waals surface area contributed by atoms with Gasteiger partial charge in [-0.25, -0.2) is 0 Å². The van der Waals surface area contributed by atoms with Gasteiger partial charge in [0.25, 0.3) is 0 Å². The first-order valence-electron chi connectivity index (χ1n) is 3.71. The molecule has 13 heavy (non-hydrogen) atoms. The molecule has 2 rings (SSSR count). The first-order valence-corrected chi connectivity index (χ1v) is 5.32. The van der Waals surface area contributed by atoms with E-state index in [1.807, 2.05) is 19.2 Å². The van der Waals surface area contributed by atoms with Gasteiger partial charge >= 0.3 is 0 Å². The van der Waals surface area contributed by atoms with E-state index in [0.717, 1.165) is 20.0 Å². The second-order valence-electron chi connectivity index (χ2n) is 2.68. The number of anilines is 1. The van der Waals surface area contributed by atoms with Crippen LogP contribution in [0.3, 0.4) is 0 Å². The summed E-state index contributed by atoms with van der Waals surface area (Å²) in [6, 6.07) is 4.04. The van der Waals surface area contributed by atoms with E-state index in [0.29, 0.717) is 0 Å². The summed E-state index contributed by atoms with van der Waals surface area (Å²) in [5, 5.41) is 4.08. The van der Waals surface area contributed by atoms with Crippen molar-refractivity contribution in [1.82, 2.24) is 9.78 Å². The summed E-state index contributed by atoms with van der Waals surface area (Å²) in [5.41, 5.74) is 7.49. The van der Waals surface area contributed by atoms with Gasteiger partial charge in [-0.3, -0.25) is 4.68 Å². The van der Waals surface area contributed by atoms with Gasteiger partial charge in [-0.2, -0.15) is 5.10 Å². The van der Waals surface area contributed by atoms with Gasteiger partial charge in [-0.05, 0) is 28.1 Å². The number of nitrogens with zero attached hydrogens (tertiary/aromatic N) is 2. The van der Waals surface area contributed by atoms with Crippen LogP contribution in [0.5, 0.6) is 0 Å². The molecule has 68 valence electrons. The molecule has 0 amide bonds. The zero-order chi connectivity index (χ0) is 9.42. The number of aryl methyl sites for hydroxylation is 1. The van der Waals surface area contributed by atoms with Gasteiger partial charge in [0, 0.05) is 7.05 Å². The molecular formula is C8H8BrN3S. The topological polar surface area (TPSA) is 43.8 Å². The summed E-state index contributed by atoms with van der Waals surface area (Å²) in [5.74, 6) is 0. The number of nitrogens with two attached hydrogens (primary N) is 1. The van der Waals surface area contributed by atoms with Crippen LogP contribution in [0.4, 0.5) is 5.69 Å². The van der Waals surface area contributed by atoms with Crippen molar-refractivity contribution < 1.29 is 0 Å². The third-order valence-electron chi connectivity index (χ3n) is 1.77. The van der Waals surface area contributed by atoms with Crippen molar-refractivity contribution in [3.8, 4) is 10.6 Å². The Kier molecular flexibility index (Phi) is 2.13. The summed E-state index contributed by atoms with van der Waals surface area (Å²) in [4.78, 5) is 1.13. The number of thiophene rings is 1. The lowest BCUT2D eigenvalue weighted by Gasteiger charge is -1.98. The molecule has 0 unspecified atom stereocenters. The fourth-order valence-electron chi connectivity index (χ4n) is 1.20. The van der Waals surface area contributed by atoms with Crippen LogP contribution in [0.25, 0.3) is 10.6 Å². The highest BCUT2D eigenvalue weighted by Crippen LogP contribution is 2.33. The van der Waals surface area contributed by atoms with Gasteiger partial charge in [0.15, 0.2) is 0 Å². The molecule has 5 heteroatoms. The molecule has 0 atom stereocenters. The Bertz CT molecular complexity index is 413. The van der Waals surface area contributed by atoms with Crippen molar-refractivity contribution in [2.75, 3.05) is 5.73 Å². The van der Waals surface area contributed by atoms with Gasteiger partial charge in [0.1, 0.15) is 5.69 Å². The van der Waals surface area contributed by atoms with Crippen LogP contribution in [0.2, 0.25) is 0 Å². The molecule has 0 aliphatic rings. The van der Waals surface area contributed by atoms with E-state index >= 15 is 0 Å². The standard InChI is InChI=1S/C8H8BrN3S/c1-12-8(5(10)4-11-12)6-2-3-7(9)13-6/h2-4H,10H2,1H3. The maximum absolute atomic E-state index is 5.79. The minimum atomic E-state index is 0.719. The molecule has 0 aliphatic carbocycles. The van der Waals surface area contributed by atoms with E-state index in [1.54, 1.807) is 22.2 Å². The third kappa shape index (κ3) is 1.49. The van der Waals surface area contributed by atoms with Crippen molar-refractivity contribution in [3.05, 3.63) is 22.1 Å². The highest BCUT2D eigenvalue weighted by Gasteiger charge is 2.09. The van der Waals surface area contributed by atoms with Crippen LogP contribution in [0.15, 0.2) is 22.1 Å². The van der Waals surface area contributed by atoms with E-state index < -0.39 is 0 Å². The van der Waals surface area contributed by atoms with Crippen LogP contribution < -0.4 is 5.73 Å². The van der Waals surface area contributed by atoms with Gasteiger partial charge in [0.2, 0.25) is 0 Å². The van der Waals surface area contributed by atoms with E-state index in [-0.39, 0.29) is 0 Å². The largest absolute Gasteiger partial charge is 0.396 e. The number of rotatable bonds is 1. The average molecular weight is 258 g/mol. The maximum Gasteiger partial charge on any atom is 0.101 e. The van der Waals surface area contributed by atoms with E-state index in [9.17, 15) is 0 Å². The molecule has 0 saturated carbocycles. The summed E-state index contributed by atoms with van der Waals surface area (Å²) < 4.78 is 2.89. The monoisotopic (exact) mass is 257 g/mol. The van der Waals surface area contributed by atoms with Crippen LogP contribution in [0, 0.1) is 0 Å². The smallest absolute Gasteiger partial charge is 0.101 e. The van der Waals surface area contributed by atoms with Crippen molar-refractivity contribution in [3.63, 3.8) is 0 Å². The number of hydrogen-bond donors (Lipinski definition) is 1. The summed E-state index contributed by atoms with van der Waals surface area (Å²) in [6.45, 7) is 0. The first kappa shape index (κ1) is 8.77. The van der Waals surface area contributed by atoms with Crippen molar-refractivity contribution in [2.45, 2.75) is 0 Å². The SMILES string of the molecule is Cn1ncc(N)c1-c1ccc(Br)s1. The zero-order valence-corrected chi connectivity index (χ0v) is 9.39. The lowest BCUT2D eigenvalue weighted by atomic mass is 10.3. The van der Waals surface area contributed by atoms with Gasteiger partial charge < -0.3 is 5.73 Å². The summed E-state index contributed by atoms with van der Waals surface area (Å²) in [6.07, 6.45) is 1.67. The van der Waals surface area contributed by atoms with E-state index in [2.05, 4.69) is 21.0 Å². The molecule has 0 aliphatic heterocycles. The second-order valence-corrected chi connectivity index (χ2v) is 5.14. The second kappa shape index (κ2) is 3.16. The quantitative estimate of drug-likeness (QED) is 0.854. The number of halogens is 1. The van der Waals surface area contributed by atoms with Crippen molar-refractivity contribution >= 4 is 33.0 Å². The third-order valence-corrected chi connectivity index (χ3v) is 3.40. The predicted octanol–water partition coefficient (Wildman–Crippen LogP) is 2.49. The molecule has 0 aromatic carbocycles. The Morgan fingerprint density at radius 3 is 2.77 bits per heavy atom. The molecule has 2 heterocycles. The molecule has 2 aromatic heterocycles. The van der Waals surface area contributed by atoms with Crippen molar-refractivity contribution in [1.29, 1.82) is 0 Å². The Hall–Kier alpha value is -0.810. The Morgan fingerprint density at radius 2 is 2.31 bits per heavy atom. The molecule has 2 aromatic rings. The van der Waals surface area contributed by atoms with Gasteiger partial charge in [0.05, 0.1) is 20.5 Å². The van der Waals surface area contributed by atoms with Crippen LogP contribution >= 0.6 is 27.3 Å². The minimum absolute atomic E-state index is 0.719. The van der Waals surface area contributed by atoms with Crippen LogP contribution in [-0.2, 0) is 7.05 Å². The molecule has 0 bridgehead atoms. The molecule has 0 radical (unpaired) electrons. The maximum atomic E-state index is 5.79. The fourth-order valence-corrected chi connectivity index (χ4v) is 2.68. The molecule has 0 saturated heterocycles. The van der Waals surface area contributed by atoms with Gasteiger partial charge in [-0.15, -0.1) is 11.3 Å². The average Bonchev–Trinajstić information content (AvgIpc) is 2.60. The van der Waals surface area contributed by atoms with Crippen LogP contribution in [0.1, 0.15) is 0 Å². The molecule has 0 spiro atoms. The first-order chi connectivity index (χ1) is 6.18. The van der Waals surface area contributed by atoms with E-state index in [1.165, 1.54) is 0 Å². The molecular weight excluding hydrogens is 250 g/mol. The predicted molar refractivity (Wildman–Crippen MR) is 58.6 cm³/mol. The normalized spacial score (nSPS) is 10.6. The van der Waals surface area contributed by atoms with E-state index in [4.69, 9.17) is 5.73 Å². The Balaban J connectivity index is 2.57. The lowest BCUT2D eigenvalue weighted by molar-refractivity contribution is 0.777. The highest BCUT2D eigenvalue weighted by molar-refractivity contribution is 9.11. The minimum Gasteiger partial charge on any atom is -0.396 e. The number of aromatic nitrogens is 2. The molecule has 3 nitrogen and oxygen atoms in total. The van der Waals surface area contributed by atoms with Crippen molar-refractivity contribution in [2.24, 2.45) is 7.05 Å². The lowest BCUT2D eigenvalue weighted by Crippen LogP contribution is -1.93. The number of nitrogen functional groups attached to an aromatic ring is 1. The highest BCUT2D eigenvalue weighted by atomic mass is 79.9. The Morgan fingerprint density at radius 1 is 1.54 bits per heavy atom. The van der Waals surface area contributed by atoms with Gasteiger partial charge in [-0.1, -0.05) is 0 Å². The Labute approximate surface area is 88.3 Å².